The van der Waals surface area contributed by atoms with E-state index in [9.17, 15) is 9.59 Å². The molecule has 2 rings (SSSR count). The number of hydrogen-bond donors (Lipinski definition) is 3. The van der Waals surface area contributed by atoms with Crippen molar-refractivity contribution in [2.75, 3.05) is 0 Å². The molecule has 5 heteroatoms. The zero-order valence-corrected chi connectivity index (χ0v) is 20.2. The van der Waals surface area contributed by atoms with Crippen LogP contribution in [0, 0.1) is 5.92 Å². The quantitative estimate of drug-likeness (QED) is 0.529. The Morgan fingerprint density at radius 3 is 1.91 bits per heavy atom. The summed E-state index contributed by atoms with van der Waals surface area (Å²) in [6.07, 6.45) is 2.94. The lowest BCUT2D eigenvalue weighted by atomic mass is 9.98. The van der Waals surface area contributed by atoms with Crippen molar-refractivity contribution in [2.24, 2.45) is 11.7 Å². The van der Waals surface area contributed by atoms with Crippen LogP contribution in [0.15, 0.2) is 54.6 Å². The fraction of sp³-hybridized carbons (Fsp3) is 0.481. The van der Waals surface area contributed by atoms with Gasteiger partial charge in [-0.25, -0.2) is 0 Å². The predicted octanol–water partition coefficient (Wildman–Crippen LogP) is 3.79. The Morgan fingerprint density at radius 1 is 0.844 bits per heavy atom. The minimum Gasteiger partial charge on any atom is -0.350 e. The number of carbonyl (C=O) groups is 2. The van der Waals surface area contributed by atoms with Crippen LogP contribution >= 0.6 is 0 Å². The standard InChI is InChI=1S/C27H39N3O2/c1-19(2)17-23(28)25(31)29-24(26(32)30-27(3,4)5)18-22-15-13-21(14-16-22)12-11-20-9-7-6-8-10-20/h6-10,13-16,19,23-24H,11-12,17-18,28H2,1-5H3,(H,29,31)(H,30,32). The lowest BCUT2D eigenvalue weighted by Gasteiger charge is -2.26. The van der Waals surface area contributed by atoms with Crippen molar-refractivity contribution in [3.63, 3.8) is 0 Å². The Kier molecular flexibility index (Phi) is 9.45. The number of rotatable bonds is 10. The summed E-state index contributed by atoms with van der Waals surface area (Å²) in [5, 5.41) is 5.86. The summed E-state index contributed by atoms with van der Waals surface area (Å²) < 4.78 is 0. The first-order valence-corrected chi connectivity index (χ1v) is 11.5. The van der Waals surface area contributed by atoms with Crippen LogP contribution < -0.4 is 16.4 Å². The van der Waals surface area contributed by atoms with E-state index >= 15 is 0 Å². The van der Waals surface area contributed by atoms with E-state index in [1.807, 2.05) is 52.8 Å². The Labute approximate surface area is 193 Å². The highest BCUT2D eigenvalue weighted by atomic mass is 16.2. The molecule has 2 atom stereocenters. The molecular weight excluding hydrogens is 398 g/mol. The first kappa shape index (κ1) is 25.6. The molecule has 2 unspecified atom stereocenters. The molecule has 0 fully saturated rings. The highest BCUT2D eigenvalue weighted by Gasteiger charge is 2.27. The van der Waals surface area contributed by atoms with E-state index in [1.54, 1.807) is 0 Å². The zero-order chi connectivity index (χ0) is 23.7. The summed E-state index contributed by atoms with van der Waals surface area (Å²) in [6.45, 7) is 9.83. The molecule has 0 heterocycles. The number of aryl methyl sites for hydroxylation is 2. The predicted molar refractivity (Wildman–Crippen MR) is 131 cm³/mol. The maximum absolute atomic E-state index is 12.9. The third-order valence-electron chi connectivity index (χ3n) is 5.20. The summed E-state index contributed by atoms with van der Waals surface area (Å²) in [4.78, 5) is 25.5. The van der Waals surface area contributed by atoms with E-state index in [0.717, 1.165) is 18.4 Å². The molecule has 0 saturated carbocycles. The third kappa shape index (κ3) is 9.23. The van der Waals surface area contributed by atoms with Crippen LogP contribution in [0.2, 0.25) is 0 Å². The molecule has 0 spiro atoms. The molecule has 2 aromatic carbocycles. The fourth-order valence-corrected chi connectivity index (χ4v) is 3.57. The van der Waals surface area contributed by atoms with E-state index in [4.69, 9.17) is 5.73 Å². The van der Waals surface area contributed by atoms with E-state index in [0.29, 0.717) is 18.8 Å². The van der Waals surface area contributed by atoms with E-state index in [2.05, 4.69) is 47.0 Å². The number of amides is 2. The van der Waals surface area contributed by atoms with Crippen LogP contribution in [0.1, 0.15) is 57.7 Å². The van der Waals surface area contributed by atoms with Gasteiger partial charge in [-0.1, -0.05) is 68.4 Å². The average Bonchev–Trinajstić information content (AvgIpc) is 2.71. The van der Waals surface area contributed by atoms with Crippen LogP contribution in [-0.4, -0.2) is 29.4 Å². The molecule has 0 radical (unpaired) electrons. The van der Waals surface area contributed by atoms with Gasteiger partial charge in [0.05, 0.1) is 6.04 Å². The van der Waals surface area contributed by atoms with Gasteiger partial charge >= 0.3 is 0 Å². The molecule has 32 heavy (non-hydrogen) atoms. The van der Waals surface area contributed by atoms with Crippen molar-refractivity contribution in [1.82, 2.24) is 10.6 Å². The molecule has 0 saturated heterocycles. The molecule has 0 aliphatic heterocycles. The second-order valence-corrected chi connectivity index (χ2v) is 10.0. The number of hydrogen-bond acceptors (Lipinski definition) is 3. The van der Waals surface area contributed by atoms with Gasteiger partial charge in [0.15, 0.2) is 0 Å². The minimum atomic E-state index is -0.671. The van der Waals surface area contributed by atoms with Crippen molar-refractivity contribution in [2.45, 2.75) is 77.9 Å². The molecule has 4 N–H and O–H groups in total. The first-order valence-electron chi connectivity index (χ1n) is 11.5. The number of carbonyl (C=O) groups excluding carboxylic acids is 2. The zero-order valence-electron chi connectivity index (χ0n) is 20.2. The van der Waals surface area contributed by atoms with Gasteiger partial charge in [-0.2, -0.15) is 0 Å². The Morgan fingerprint density at radius 2 is 1.38 bits per heavy atom. The van der Waals surface area contributed by atoms with Crippen LogP contribution in [0.3, 0.4) is 0 Å². The smallest absolute Gasteiger partial charge is 0.243 e. The summed E-state index contributed by atoms with van der Waals surface area (Å²) in [5.74, 6) is -0.177. The number of nitrogens with one attached hydrogen (secondary N) is 2. The average molecular weight is 438 g/mol. The van der Waals surface area contributed by atoms with Gasteiger partial charge in [0.25, 0.3) is 0 Å². The maximum Gasteiger partial charge on any atom is 0.243 e. The van der Waals surface area contributed by atoms with Gasteiger partial charge in [0.1, 0.15) is 6.04 Å². The molecule has 174 valence electrons. The van der Waals surface area contributed by atoms with Crippen LogP contribution in [0.25, 0.3) is 0 Å². The van der Waals surface area contributed by atoms with Crippen molar-refractivity contribution < 1.29 is 9.59 Å². The second-order valence-electron chi connectivity index (χ2n) is 10.0. The van der Waals surface area contributed by atoms with E-state index in [-0.39, 0.29) is 17.4 Å². The summed E-state index contributed by atoms with van der Waals surface area (Å²) >= 11 is 0. The fourth-order valence-electron chi connectivity index (χ4n) is 3.57. The molecule has 0 bridgehead atoms. The summed E-state index contributed by atoms with van der Waals surface area (Å²) in [5.41, 5.74) is 9.22. The molecule has 5 nitrogen and oxygen atoms in total. The molecule has 2 aromatic rings. The molecule has 0 aliphatic rings. The van der Waals surface area contributed by atoms with Gasteiger partial charge in [-0.3, -0.25) is 9.59 Å². The highest BCUT2D eigenvalue weighted by molar-refractivity contribution is 5.90. The molecule has 0 aliphatic carbocycles. The van der Waals surface area contributed by atoms with Crippen LogP contribution in [0.4, 0.5) is 0 Å². The van der Waals surface area contributed by atoms with Crippen molar-refractivity contribution >= 4 is 11.8 Å². The topological polar surface area (TPSA) is 84.2 Å². The Balaban J connectivity index is 2.05. The maximum atomic E-state index is 12.9. The summed E-state index contributed by atoms with van der Waals surface area (Å²) in [7, 11) is 0. The summed E-state index contributed by atoms with van der Waals surface area (Å²) in [6, 6.07) is 17.4. The molecule has 0 aromatic heterocycles. The van der Waals surface area contributed by atoms with Crippen LogP contribution in [0.5, 0.6) is 0 Å². The van der Waals surface area contributed by atoms with Gasteiger partial charge in [-0.15, -0.1) is 0 Å². The number of benzene rings is 2. The Hall–Kier alpha value is -2.66. The lowest BCUT2D eigenvalue weighted by molar-refractivity contribution is -0.130. The third-order valence-corrected chi connectivity index (χ3v) is 5.20. The lowest BCUT2D eigenvalue weighted by Crippen LogP contribution is -2.55. The molecule has 2 amide bonds. The highest BCUT2D eigenvalue weighted by Crippen LogP contribution is 2.12. The first-order chi connectivity index (χ1) is 15.0. The molecular formula is C27H39N3O2. The largest absolute Gasteiger partial charge is 0.350 e. The van der Waals surface area contributed by atoms with Gasteiger partial charge in [0.2, 0.25) is 11.8 Å². The van der Waals surface area contributed by atoms with Crippen LogP contribution in [-0.2, 0) is 28.9 Å². The van der Waals surface area contributed by atoms with Crippen molar-refractivity contribution in [1.29, 1.82) is 0 Å². The van der Waals surface area contributed by atoms with Gasteiger partial charge in [0, 0.05) is 12.0 Å². The monoisotopic (exact) mass is 437 g/mol. The SMILES string of the molecule is CC(C)CC(N)C(=O)NC(Cc1ccc(CCc2ccccc2)cc1)C(=O)NC(C)(C)C. The number of nitrogens with two attached hydrogens (primary N) is 1. The Bertz CT molecular complexity index is 855. The normalized spacial score (nSPS) is 13.5. The van der Waals surface area contributed by atoms with E-state index in [1.165, 1.54) is 11.1 Å². The van der Waals surface area contributed by atoms with Gasteiger partial charge in [-0.05, 0) is 62.6 Å². The van der Waals surface area contributed by atoms with Crippen molar-refractivity contribution in [3.8, 4) is 0 Å². The van der Waals surface area contributed by atoms with E-state index < -0.39 is 12.1 Å². The second kappa shape index (κ2) is 11.8. The van der Waals surface area contributed by atoms with Crippen molar-refractivity contribution in [3.05, 3.63) is 71.3 Å². The van der Waals surface area contributed by atoms with Gasteiger partial charge < -0.3 is 16.4 Å². The minimum absolute atomic E-state index is 0.198.